The van der Waals surface area contributed by atoms with Crippen LogP contribution in [-0.4, -0.2) is 47.3 Å². The number of hydrogen-bond acceptors (Lipinski definition) is 9. The van der Waals surface area contributed by atoms with Crippen molar-refractivity contribution in [3.8, 4) is 11.5 Å². The van der Waals surface area contributed by atoms with E-state index < -0.39 is 35.6 Å². The monoisotopic (exact) mass is 545 g/mol. The van der Waals surface area contributed by atoms with Crippen LogP contribution in [0.5, 0.6) is 11.5 Å². The van der Waals surface area contributed by atoms with Gasteiger partial charge in [-0.25, -0.2) is 4.79 Å². The zero-order chi connectivity index (χ0) is 28.4. The first-order chi connectivity index (χ1) is 18.7. The quantitative estimate of drug-likeness (QED) is 0.237. The molecule has 212 valence electrons. The van der Waals surface area contributed by atoms with Crippen molar-refractivity contribution in [1.29, 1.82) is 0 Å². The summed E-state index contributed by atoms with van der Waals surface area (Å²) in [6, 6.07) is 4.86. The Kier molecular flexibility index (Phi) is 10.5. The predicted molar refractivity (Wildman–Crippen MR) is 144 cm³/mol. The largest absolute Gasteiger partial charge is 0.456 e. The lowest BCUT2D eigenvalue weighted by Gasteiger charge is -2.24. The lowest BCUT2D eigenvalue weighted by molar-refractivity contribution is -0.148. The number of fused-ring (bicyclic) bond motifs is 1. The van der Waals surface area contributed by atoms with Crippen LogP contribution in [0, 0.1) is 0 Å². The van der Waals surface area contributed by atoms with Crippen molar-refractivity contribution in [3.05, 3.63) is 39.0 Å². The number of H-pyrrole nitrogens is 1. The fraction of sp³-hybridized carbons (Fsp3) is 0.500. The highest BCUT2D eigenvalue weighted by Crippen LogP contribution is 2.34. The Bertz CT molecular complexity index is 1300. The molecule has 0 unspecified atom stereocenters. The second kappa shape index (κ2) is 14.0. The number of benzene rings is 1. The summed E-state index contributed by atoms with van der Waals surface area (Å²) < 4.78 is 16.7. The number of unbranched alkanes of at least 4 members (excludes halogenated alkanes) is 3. The molecule has 4 N–H and O–H groups in total. The Balaban J connectivity index is 1.61. The van der Waals surface area contributed by atoms with Gasteiger partial charge in [0.25, 0.3) is 11.5 Å². The summed E-state index contributed by atoms with van der Waals surface area (Å²) in [6.07, 6.45) is 3.15. The molecule has 0 bridgehead atoms. The maximum Gasteiger partial charge on any atom is 0.330 e. The van der Waals surface area contributed by atoms with Crippen molar-refractivity contribution >= 4 is 35.0 Å². The van der Waals surface area contributed by atoms with Crippen molar-refractivity contribution in [3.63, 3.8) is 0 Å². The SMILES string of the molecule is CCCCCN(C(=O)CCC(=O)OCC(=O)Nc1ccc2c(c1)OCO2)c1c(N)n(CCCC)c(=O)[nH]c1=O. The number of aromatic amines is 1. The van der Waals surface area contributed by atoms with E-state index in [1.165, 1.54) is 9.47 Å². The normalized spacial score (nSPS) is 11.7. The maximum absolute atomic E-state index is 13.2. The molecule has 1 aliphatic heterocycles. The van der Waals surface area contributed by atoms with Crippen LogP contribution in [0.4, 0.5) is 17.2 Å². The summed E-state index contributed by atoms with van der Waals surface area (Å²) in [4.78, 5) is 66.1. The van der Waals surface area contributed by atoms with Gasteiger partial charge in [0.15, 0.2) is 23.8 Å². The molecular formula is C26H35N5O8. The van der Waals surface area contributed by atoms with Crippen molar-refractivity contribution in [1.82, 2.24) is 9.55 Å². The van der Waals surface area contributed by atoms with Crippen molar-refractivity contribution in [2.75, 3.05) is 35.9 Å². The molecule has 0 fully saturated rings. The van der Waals surface area contributed by atoms with E-state index in [1.54, 1.807) is 18.2 Å². The van der Waals surface area contributed by atoms with Gasteiger partial charge in [-0.15, -0.1) is 0 Å². The summed E-state index contributed by atoms with van der Waals surface area (Å²) in [7, 11) is 0. The molecule has 1 aliphatic rings. The van der Waals surface area contributed by atoms with Crippen LogP contribution in [0.1, 0.15) is 58.8 Å². The van der Waals surface area contributed by atoms with Gasteiger partial charge in [0.05, 0.1) is 6.42 Å². The number of aromatic nitrogens is 2. The van der Waals surface area contributed by atoms with E-state index in [0.717, 1.165) is 19.3 Å². The molecule has 1 aromatic heterocycles. The molecule has 39 heavy (non-hydrogen) atoms. The van der Waals surface area contributed by atoms with Gasteiger partial charge in [-0.3, -0.25) is 28.7 Å². The highest BCUT2D eigenvalue weighted by molar-refractivity contribution is 5.97. The van der Waals surface area contributed by atoms with Crippen molar-refractivity contribution < 1.29 is 28.6 Å². The number of rotatable bonds is 14. The van der Waals surface area contributed by atoms with Crippen LogP contribution >= 0.6 is 0 Å². The zero-order valence-electron chi connectivity index (χ0n) is 22.2. The number of esters is 1. The summed E-state index contributed by atoms with van der Waals surface area (Å²) in [5.74, 6) is -0.880. The average Bonchev–Trinajstić information content (AvgIpc) is 3.37. The average molecular weight is 546 g/mol. The van der Waals surface area contributed by atoms with E-state index in [1.807, 2.05) is 13.8 Å². The van der Waals surface area contributed by atoms with Gasteiger partial charge in [-0.05, 0) is 25.0 Å². The maximum atomic E-state index is 13.2. The molecule has 0 atom stereocenters. The third-order valence-electron chi connectivity index (χ3n) is 6.07. The van der Waals surface area contributed by atoms with Crippen LogP contribution in [0.15, 0.2) is 27.8 Å². The van der Waals surface area contributed by atoms with Crippen LogP contribution < -0.4 is 36.7 Å². The highest BCUT2D eigenvalue weighted by atomic mass is 16.7. The molecule has 3 rings (SSSR count). The highest BCUT2D eigenvalue weighted by Gasteiger charge is 2.25. The molecule has 13 heteroatoms. The molecule has 0 saturated carbocycles. The minimum absolute atomic E-state index is 0.0928. The number of carbonyl (C=O) groups excluding carboxylic acids is 3. The van der Waals surface area contributed by atoms with E-state index in [-0.39, 0.29) is 37.7 Å². The van der Waals surface area contributed by atoms with Gasteiger partial charge in [-0.2, -0.15) is 0 Å². The van der Waals surface area contributed by atoms with E-state index in [4.69, 9.17) is 19.9 Å². The molecule has 0 radical (unpaired) electrons. The van der Waals surface area contributed by atoms with Gasteiger partial charge >= 0.3 is 11.7 Å². The lowest BCUT2D eigenvalue weighted by Crippen LogP contribution is -2.41. The third-order valence-corrected chi connectivity index (χ3v) is 6.07. The van der Waals surface area contributed by atoms with Gasteiger partial charge in [0.2, 0.25) is 12.7 Å². The van der Waals surface area contributed by atoms with Gasteiger partial charge in [-0.1, -0.05) is 33.1 Å². The van der Waals surface area contributed by atoms with Crippen LogP contribution in [0.3, 0.4) is 0 Å². The number of anilines is 3. The Hall–Kier alpha value is -4.29. The first-order valence-electron chi connectivity index (χ1n) is 13.0. The number of hydrogen-bond donors (Lipinski definition) is 3. The minimum Gasteiger partial charge on any atom is -0.456 e. The van der Waals surface area contributed by atoms with Crippen LogP contribution in [-0.2, 0) is 25.7 Å². The summed E-state index contributed by atoms with van der Waals surface area (Å²) in [5.41, 5.74) is 5.13. The molecular weight excluding hydrogens is 510 g/mol. The Morgan fingerprint density at radius 3 is 2.56 bits per heavy atom. The van der Waals surface area contributed by atoms with Crippen LogP contribution in [0.25, 0.3) is 0 Å². The van der Waals surface area contributed by atoms with E-state index >= 15 is 0 Å². The number of ether oxygens (including phenoxy) is 3. The number of nitrogens with one attached hydrogen (secondary N) is 2. The fourth-order valence-electron chi connectivity index (χ4n) is 3.99. The van der Waals surface area contributed by atoms with Crippen molar-refractivity contribution in [2.24, 2.45) is 0 Å². The molecule has 2 aromatic rings. The number of nitrogen functional groups attached to an aromatic ring is 1. The minimum atomic E-state index is -0.766. The molecule has 13 nitrogen and oxygen atoms in total. The molecule has 1 aromatic carbocycles. The summed E-state index contributed by atoms with van der Waals surface area (Å²) in [6.45, 7) is 3.99. The lowest BCUT2D eigenvalue weighted by atomic mass is 10.2. The second-order valence-electron chi connectivity index (χ2n) is 9.03. The second-order valence-corrected chi connectivity index (χ2v) is 9.03. The number of nitrogens with zero attached hydrogens (tertiary/aromatic N) is 2. The molecule has 0 spiro atoms. The van der Waals surface area contributed by atoms with E-state index in [9.17, 15) is 24.0 Å². The third kappa shape index (κ3) is 7.85. The molecule has 2 heterocycles. The first kappa shape index (κ1) is 29.3. The Labute approximate surface area is 225 Å². The number of amides is 2. The molecule has 0 saturated heterocycles. The molecule has 0 aliphatic carbocycles. The van der Waals surface area contributed by atoms with Gasteiger partial charge in [0, 0.05) is 31.3 Å². The smallest absolute Gasteiger partial charge is 0.330 e. The van der Waals surface area contributed by atoms with Crippen molar-refractivity contribution in [2.45, 2.75) is 65.3 Å². The van der Waals surface area contributed by atoms with Gasteiger partial charge < -0.3 is 30.2 Å². The first-order valence-corrected chi connectivity index (χ1v) is 13.0. The topological polar surface area (TPSA) is 175 Å². The van der Waals surface area contributed by atoms with E-state index in [2.05, 4.69) is 10.3 Å². The zero-order valence-corrected chi connectivity index (χ0v) is 22.2. The Morgan fingerprint density at radius 1 is 1.08 bits per heavy atom. The standard InChI is InChI=1S/C26H35N5O8/c1-3-5-7-13-30(23-24(27)31(12-6-4-2)26(36)29-25(23)35)21(33)10-11-22(34)37-15-20(32)28-17-8-9-18-19(14-17)39-16-38-18/h8-9,14H,3-7,10-13,15-16,27H2,1-2H3,(H,28,32)(H,29,35,36). The van der Waals surface area contributed by atoms with E-state index in [0.29, 0.717) is 36.6 Å². The Morgan fingerprint density at radius 2 is 1.82 bits per heavy atom. The predicted octanol–water partition coefficient (Wildman–Crippen LogP) is 2.13. The van der Waals surface area contributed by atoms with Crippen LogP contribution in [0.2, 0.25) is 0 Å². The number of nitrogens with two attached hydrogens (primary N) is 1. The fourth-order valence-corrected chi connectivity index (χ4v) is 3.99. The number of carbonyl (C=O) groups is 3. The summed E-state index contributed by atoms with van der Waals surface area (Å²) >= 11 is 0. The van der Waals surface area contributed by atoms with Gasteiger partial charge in [0.1, 0.15) is 5.82 Å². The summed E-state index contributed by atoms with van der Waals surface area (Å²) in [5, 5.41) is 2.59. The molecule has 2 amide bonds.